The van der Waals surface area contributed by atoms with Gasteiger partial charge in [0.25, 0.3) is 5.91 Å². The summed E-state index contributed by atoms with van der Waals surface area (Å²) in [6, 6.07) is 11.8. The van der Waals surface area contributed by atoms with Gasteiger partial charge in [0, 0.05) is 11.4 Å². The number of ether oxygens (including phenoxy) is 1. The molecule has 0 bridgehead atoms. The third-order valence-corrected chi connectivity index (χ3v) is 3.87. The quantitative estimate of drug-likeness (QED) is 0.814. The average Bonchev–Trinajstić information content (AvgIpc) is 2.95. The number of likely N-dealkylation sites (N-methyl/N-ethyl adjacent to an activating group) is 1. The van der Waals surface area contributed by atoms with Crippen molar-refractivity contribution in [1.82, 2.24) is 4.90 Å². The number of hydrogen-bond donors (Lipinski definition) is 0. The summed E-state index contributed by atoms with van der Waals surface area (Å²) >= 11 is 1.67. The zero-order valence-electron chi connectivity index (χ0n) is 11.8. The van der Waals surface area contributed by atoms with Crippen molar-refractivity contribution in [2.45, 2.75) is 20.4 Å². The molecule has 0 atom stereocenters. The fraction of sp³-hybridized carbons (Fsp3) is 0.312. The van der Waals surface area contributed by atoms with Gasteiger partial charge in [-0.05, 0) is 43.0 Å². The van der Waals surface area contributed by atoms with Gasteiger partial charge in [-0.1, -0.05) is 18.2 Å². The van der Waals surface area contributed by atoms with Gasteiger partial charge in [-0.15, -0.1) is 11.3 Å². The molecule has 1 aromatic heterocycles. The van der Waals surface area contributed by atoms with Crippen molar-refractivity contribution >= 4 is 17.2 Å². The van der Waals surface area contributed by atoms with E-state index in [1.165, 1.54) is 4.88 Å². The standard InChI is InChI=1S/C16H19NO2S/c1-3-17(11-15-8-5-9-20-15)16(18)12-19-14-7-4-6-13(2)10-14/h4-10H,3,11-12H2,1-2H3. The van der Waals surface area contributed by atoms with E-state index >= 15 is 0 Å². The molecule has 0 spiro atoms. The first kappa shape index (κ1) is 14.6. The molecule has 0 unspecified atom stereocenters. The van der Waals surface area contributed by atoms with E-state index in [0.717, 1.165) is 11.3 Å². The number of amides is 1. The number of thiophene rings is 1. The maximum atomic E-state index is 12.2. The second kappa shape index (κ2) is 7.10. The third kappa shape index (κ3) is 4.10. The van der Waals surface area contributed by atoms with Crippen molar-refractivity contribution in [3.05, 3.63) is 52.2 Å². The second-order valence-electron chi connectivity index (χ2n) is 4.59. The summed E-state index contributed by atoms with van der Waals surface area (Å²) in [4.78, 5) is 15.2. The Balaban J connectivity index is 1.89. The van der Waals surface area contributed by atoms with Crippen LogP contribution in [0.4, 0.5) is 0 Å². The smallest absolute Gasteiger partial charge is 0.260 e. The summed E-state index contributed by atoms with van der Waals surface area (Å²) in [7, 11) is 0. The predicted octanol–water partition coefficient (Wildman–Crippen LogP) is 3.48. The molecule has 0 radical (unpaired) electrons. The summed E-state index contributed by atoms with van der Waals surface area (Å²) in [6.07, 6.45) is 0. The number of rotatable bonds is 6. The lowest BCUT2D eigenvalue weighted by molar-refractivity contribution is -0.133. The van der Waals surface area contributed by atoms with Gasteiger partial charge in [-0.25, -0.2) is 0 Å². The topological polar surface area (TPSA) is 29.5 Å². The molecule has 0 fully saturated rings. The van der Waals surface area contributed by atoms with Crippen molar-refractivity contribution in [1.29, 1.82) is 0 Å². The lowest BCUT2D eigenvalue weighted by atomic mass is 10.2. The number of carbonyl (C=O) groups is 1. The SMILES string of the molecule is CCN(Cc1cccs1)C(=O)COc1cccc(C)c1. The highest BCUT2D eigenvalue weighted by Crippen LogP contribution is 2.14. The molecule has 1 aromatic carbocycles. The van der Waals surface area contributed by atoms with Crippen LogP contribution < -0.4 is 4.74 Å². The molecule has 0 saturated carbocycles. The number of carbonyl (C=O) groups excluding carboxylic acids is 1. The maximum absolute atomic E-state index is 12.2. The van der Waals surface area contributed by atoms with E-state index < -0.39 is 0 Å². The minimum atomic E-state index is 0.0161. The molecule has 0 N–H and O–H groups in total. The van der Waals surface area contributed by atoms with Gasteiger partial charge in [0.05, 0.1) is 6.54 Å². The number of benzene rings is 1. The highest BCUT2D eigenvalue weighted by molar-refractivity contribution is 7.09. The van der Waals surface area contributed by atoms with Gasteiger partial charge < -0.3 is 9.64 Å². The Morgan fingerprint density at radius 2 is 2.15 bits per heavy atom. The second-order valence-corrected chi connectivity index (χ2v) is 5.62. The van der Waals surface area contributed by atoms with E-state index in [-0.39, 0.29) is 12.5 Å². The Labute approximate surface area is 123 Å². The lowest BCUT2D eigenvalue weighted by Crippen LogP contribution is -2.34. The Bertz CT molecular complexity index is 551. The van der Waals surface area contributed by atoms with Crippen LogP contribution in [-0.2, 0) is 11.3 Å². The van der Waals surface area contributed by atoms with Gasteiger partial charge in [-0.2, -0.15) is 0 Å². The first-order valence-electron chi connectivity index (χ1n) is 6.68. The molecule has 1 amide bonds. The van der Waals surface area contributed by atoms with Crippen LogP contribution in [0.3, 0.4) is 0 Å². The Morgan fingerprint density at radius 1 is 1.30 bits per heavy atom. The predicted molar refractivity (Wildman–Crippen MR) is 82.1 cm³/mol. The first-order valence-corrected chi connectivity index (χ1v) is 7.56. The van der Waals surface area contributed by atoms with E-state index in [1.807, 2.05) is 60.5 Å². The number of aryl methyl sites for hydroxylation is 1. The van der Waals surface area contributed by atoms with Gasteiger partial charge in [0.1, 0.15) is 5.75 Å². The fourth-order valence-corrected chi connectivity index (χ4v) is 2.63. The highest BCUT2D eigenvalue weighted by Gasteiger charge is 2.13. The van der Waals surface area contributed by atoms with E-state index in [1.54, 1.807) is 11.3 Å². The number of hydrogen-bond acceptors (Lipinski definition) is 3. The van der Waals surface area contributed by atoms with E-state index in [9.17, 15) is 4.79 Å². The van der Waals surface area contributed by atoms with Crippen molar-refractivity contribution in [2.75, 3.05) is 13.2 Å². The third-order valence-electron chi connectivity index (χ3n) is 3.01. The minimum absolute atomic E-state index is 0.0161. The van der Waals surface area contributed by atoms with Crippen LogP contribution in [0.1, 0.15) is 17.4 Å². The maximum Gasteiger partial charge on any atom is 0.260 e. The normalized spacial score (nSPS) is 10.3. The lowest BCUT2D eigenvalue weighted by Gasteiger charge is -2.20. The van der Waals surface area contributed by atoms with Crippen LogP contribution in [0.15, 0.2) is 41.8 Å². The highest BCUT2D eigenvalue weighted by atomic mass is 32.1. The zero-order valence-corrected chi connectivity index (χ0v) is 12.7. The molecule has 0 aliphatic heterocycles. The molecule has 1 heterocycles. The fourth-order valence-electron chi connectivity index (χ4n) is 1.91. The Hall–Kier alpha value is -1.81. The summed E-state index contributed by atoms with van der Waals surface area (Å²) in [5.41, 5.74) is 1.13. The van der Waals surface area contributed by atoms with Crippen molar-refractivity contribution in [3.8, 4) is 5.75 Å². The molecular weight excluding hydrogens is 270 g/mol. The molecule has 3 nitrogen and oxygen atoms in total. The van der Waals surface area contributed by atoms with Gasteiger partial charge in [-0.3, -0.25) is 4.79 Å². The molecule has 0 aliphatic rings. The summed E-state index contributed by atoms with van der Waals surface area (Å²) < 4.78 is 5.56. The largest absolute Gasteiger partial charge is 0.484 e. The summed E-state index contributed by atoms with van der Waals surface area (Å²) in [5.74, 6) is 0.757. The van der Waals surface area contributed by atoms with Crippen LogP contribution in [0.2, 0.25) is 0 Å². The van der Waals surface area contributed by atoms with Crippen LogP contribution >= 0.6 is 11.3 Å². The molecule has 0 aliphatic carbocycles. The summed E-state index contributed by atoms with van der Waals surface area (Å²) in [5, 5.41) is 2.02. The monoisotopic (exact) mass is 289 g/mol. The van der Waals surface area contributed by atoms with E-state index in [4.69, 9.17) is 4.74 Å². The molecule has 0 saturated heterocycles. The molecule has 2 aromatic rings. The zero-order chi connectivity index (χ0) is 14.4. The van der Waals surface area contributed by atoms with Crippen LogP contribution in [0, 0.1) is 6.92 Å². The minimum Gasteiger partial charge on any atom is -0.484 e. The van der Waals surface area contributed by atoms with E-state index in [0.29, 0.717) is 13.1 Å². The van der Waals surface area contributed by atoms with Gasteiger partial charge in [0.15, 0.2) is 6.61 Å². The molecule has 106 valence electrons. The van der Waals surface area contributed by atoms with Crippen LogP contribution in [0.5, 0.6) is 5.75 Å². The number of nitrogens with zero attached hydrogens (tertiary/aromatic N) is 1. The van der Waals surface area contributed by atoms with Crippen molar-refractivity contribution in [3.63, 3.8) is 0 Å². The van der Waals surface area contributed by atoms with Crippen molar-refractivity contribution < 1.29 is 9.53 Å². The van der Waals surface area contributed by atoms with Crippen LogP contribution in [-0.4, -0.2) is 24.0 Å². The van der Waals surface area contributed by atoms with E-state index in [2.05, 4.69) is 0 Å². The van der Waals surface area contributed by atoms with Crippen molar-refractivity contribution in [2.24, 2.45) is 0 Å². The van der Waals surface area contributed by atoms with Gasteiger partial charge >= 0.3 is 0 Å². The first-order chi connectivity index (χ1) is 9.69. The molecule has 20 heavy (non-hydrogen) atoms. The Kier molecular flexibility index (Phi) is 5.18. The van der Waals surface area contributed by atoms with Gasteiger partial charge in [0.2, 0.25) is 0 Å². The average molecular weight is 289 g/mol. The molecular formula is C16H19NO2S. The molecule has 2 rings (SSSR count). The summed E-state index contributed by atoms with van der Waals surface area (Å²) in [6.45, 7) is 5.42. The van der Waals surface area contributed by atoms with Crippen LogP contribution in [0.25, 0.3) is 0 Å². The molecule has 4 heteroatoms. The Morgan fingerprint density at radius 3 is 2.80 bits per heavy atom.